The fourth-order valence-corrected chi connectivity index (χ4v) is 7.78. The molecule has 1 aliphatic rings. The van der Waals surface area contributed by atoms with Gasteiger partial charge < -0.3 is 4.90 Å². The van der Waals surface area contributed by atoms with Gasteiger partial charge in [0.05, 0.1) is 16.8 Å². The molecule has 2 atom stereocenters. The first kappa shape index (κ1) is 21.0. The summed E-state index contributed by atoms with van der Waals surface area (Å²) in [4.78, 5) is 14.5. The first-order valence-corrected chi connectivity index (χ1v) is 13.0. The molecule has 6 nitrogen and oxygen atoms in total. The van der Waals surface area contributed by atoms with E-state index in [1.807, 2.05) is 13.8 Å². The Hall–Kier alpha value is -0.320. The van der Waals surface area contributed by atoms with Crippen molar-refractivity contribution in [3.8, 4) is 0 Å². The van der Waals surface area contributed by atoms with Crippen LogP contribution in [0.15, 0.2) is 8.68 Å². The van der Waals surface area contributed by atoms with Gasteiger partial charge in [-0.05, 0) is 26.7 Å². The lowest BCUT2D eigenvalue weighted by molar-refractivity contribution is -0.131. The Balaban J connectivity index is 1.92. The zero-order valence-electron chi connectivity index (χ0n) is 14.8. The van der Waals surface area contributed by atoms with E-state index in [1.54, 1.807) is 16.7 Å². The van der Waals surface area contributed by atoms with Crippen LogP contribution in [-0.4, -0.2) is 64.5 Å². The molecule has 2 unspecified atom stereocenters. The Morgan fingerprint density at radius 1 is 1.36 bits per heavy atom. The lowest BCUT2D eigenvalue weighted by Gasteiger charge is -2.29. The van der Waals surface area contributed by atoms with Crippen molar-refractivity contribution >= 4 is 50.6 Å². The van der Waals surface area contributed by atoms with Crippen LogP contribution in [-0.2, 0) is 14.6 Å². The number of hydrogen-bond acceptors (Lipinski definition) is 8. The lowest BCUT2D eigenvalue weighted by Crippen LogP contribution is -2.44. The van der Waals surface area contributed by atoms with Gasteiger partial charge in [0.15, 0.2) is 18.5 Å². The smallest absolute Gasteiger partial charge is 0.236 e. The molecule has 1 fully saturated rings. The summed E-state index contributed by atoms with van der Waals surface area (Å²) in [6, 6.07) is -0.194. The first-order chi connectivity index (χ1) is 11.9. The van der Waals surface area contributed by atoms with Gasteiger partial charge in [-0.15, -0.1) is 10.2 Å². The number of nitrogens with zero attached hydrogens (tertiary/aromatic N) is 3. The molecule has 0 bridgehead atoms. The molecule has 2 heterocycles. The lowest BCUT2D eigenvalue weighted by atomic mass is 10.2. The molecule has 0 aliphatic carbocycles. The normalized spacial score (nSPS) is 20.5. The van der Waals surface area contributed by atoms with Gasteiger partial charge in [0, 0.05) is 18.3 Å². The van der Waals surface area contributed by atoms with E-state index in [0.29, 0.717) is 13.0 Å². The molecule has 2 rings (SSSR count). The Morgan fingerprint density at radius 3 is 2.68 bits per heavy atom. The van der Waals surface area contributed by atoms with Crippen molar-refractivity contribution in [2.75, 3.05) is 23.8 Å². The molecule has 1 aliphatic heterocycles. The molecule has 142 valence electrons. The molecule has 1 aromatic heterocycles. The van der Waals surface area contributed by atoms with Gasteiger partial charge in [0.1, 0.15) is 0 Å². The van der Waals surface area contributed by atoms with Crippen molar-refractivity contribution in [1.29, 1.82) is 0 Å². The zero-order chi connectivity index (χ0) is 18.4. The second-order valence-corrected chi connectivity index (χ2v) is 12.1. The van der Waals surface area contributed by atoms with Crippen LogP contribution in [0.4, 0.5) is 0 Å². The summed E-state index contributed by atoms with van der Waals surface area (Å²) in [5, 5.41) is 8.03. The molecular weight excluding hydrogens is 398 g/mol. The van der Waals surface area contributed by atoms with Crippen molar-refractivity contribution in [2.24, 2.45) is 0 Å². The molecule has 0 spiro atoms. The molecule has 1 saturated heterocycles. The van der Waals surface area contributed by atoms with Gasteiger partial charge in [-0.25, -0.2) is 8.42 Å². The van der Waals surface area contributed by atoms with E-state index in [-0.39, 0.29) is 28.7 Å². The predicted octanol–water partition coefficient (Wildman–Crippen LogP) is 2.95. The van der Waals surface area contributed by atoms with Crippen LogP contribution in [0.3, 0.4) is 0 Å². The second-order valence-electron chi connectivity index (χ2n) is 5.98. The van der Waals surface area contributed by atoms with E-state index in [1.165, 1.54) is 23.1 Å². The predicted molar refractivity (Wildman–Crippen MR) is 105 cm³/mol. The number of amides is 1. The Kier molecular flexibility index (Phi) is 8.03. The number of hydrogen-bond donors (Lipinski definition) is 0. The van der Waals surface area contributed by atoms with Crippen molar-refractivity contribution in [3.05, 3.63) is 0 Å². The number of unbranched alkanes of at least 4 members (excludes halogenated alkanes) is 1. The van der Waals surface area contributed by atoms with Gasteiger partial charge in [-0.1, -0.05) is 48.2 Å². The van der Waals surface area contributed by atoms with Crippen LogP contribution in [0.1, 0.15) is 40.0 Å². The summed E-state index contributed by atoms with van der Waals surface area (Å²) in [6.07, 6.45) is 2.84. The monoisotopic (exact) mass is 423 g/mol. The van der Waals surface area contributed by atoms with Crippen LogP contribution >= 0.6 is 34.9 Å². The second kappa shape index (κ2) is 9.57. The SMILES string of the molecule is CCCCSc1nnc(SC(C)C(=O)N(CC)C2CCS(=O)(=O)C2)s1. The summed E-state index contributed by atoms with van der Waals surface area (Å²) < 4.78 is 25.1. The molecule has 10 heteroatoms. The maximum atomic E-state index is 12.8. The Bertz CT molecular complexity index is 677. The number of carbonyl (C=O) groups excluding carboxylic acids is 1. The van der Waals surface area contributed by atoms with E-state index in [0.717, 1.165) is 27.3 Å². The summed E-state index contributed by atoms with van der Waals surface area (Å²) in [7, 11) is -3.00. The number of rotatable bonds is 9. The van der Waals surface area contributed by atoms with Crippen LogP contribution in [0.5, 0.6) is 0 Å². The zero-order valence-corrected chi connectivity index (χ0v) is 18.1. The Morgan fingerprint density at radius 2 is 2.08 bits per heavy atom. The molecule has 0 saturated carbocycles. The number of aromatic nitrogens is 2. The average molecular weight is 424 g/mol. The number of carbonyl (C=O) groups is 1. The van der Waals surface area contributed by atoms with Crippen molar-refractivity contribution in [1.82, 2.24) is 15.1 Å². The summed E-state index contributed by atoms with van der Waals surface area (Å²) >= 11 is 4.62. The summed E-state index contributed by atoms with van der Waals surface area (Å²) in [6.45, 7) is 6.43. The average Bonchev–Trinajstić information content (AvgIpc) is 3.14. The van der Waals surface area contributed by atoms with Gasteiger partial charge in [-0.2, -0.15) is 0 Å². The minimum absolute atomic E-state index is 0.0232. The number of sulfone groups is 1. The Labute approximate surface area is 162 Å². The summed E-state index contributed by atoms with van der Waals surface area (Å²) in [5.74, 6) is 1.27. The van der Waals surface area contributed by atoms with E-state index in [4.69, 9.17) is 0 Å². The fraction of sp³-hybridized carbons (Fsp3) is 0.800. The van der Waals surface area contributed by atoms with Gasteiger partial charge in [0.25, 0.3) is 0 Å². The minimum Gasteiger partial charge on any atom is -0.338 e. The molecular formula is C15H25N3O3S4. The highest BCUT2D eigenvalue weighted by atomic mass is 32.2. The minimum atomic E-state index is -3.00. The quantitative estimate of drug-likeness (QED) is 0.446. The highest BCUT2D eigenvalue weighted by Crippen LogP contribution is 2.32. The van der Waals surface area contributed by atoms with Crippen molar-refractivity contribution in [3.63, 3.8) is 0 Å². The molecule has 1 amide bonds. The molecule has 0 aromatic carbocycles. The van der Waals surface area contributed by atoms with E-state index in [9.17, 15) is 13.2 Å². The molecule has 0 N–H and O–H groups in total. The van der Waals surface area contributed by atoms with E-state index < -0.39 is 9.84 Å². The van der Waals surface area contributed by atoms with Crippen LogP contribution in [0, 0.1) is 0 Å². The van der Waals surface area contributed by atoms with E-state index in [2.05, 4.69) is 17.1 Å². The van der Waals surface area contributed by atoms with Crippen LogP contribution in [0.25, 0.3) is 0 Å². The van der Waals surface area contributed by atoms with Gasteiger partial charge in [0.2, 0.25) is 5.91 Å². The molecule has 0 radical (unpaired) electrons. The van der Waals surface area contributed by atoms with E-state index >= 15 is 0 Å². The van der Waals surface area contributed by atoms with Crippen molar-refractivity contribution in [2.45, 2.75) is 60.0 Å². The number of thioether (sulfide) groups is 2. The standard InChI is InChI=1S/C15H25N3O3S4/c1-4-6-8-22-14-16-17-15(24-14)23-11(3)13(19)18(5-2)12-7-9-25(20,21)10-12/h11-12H,4-10H2,1-3H3. The third kappa shape index (κ3) is 6.11. The third-order valence-electron chi connectivity index (χ3n) is 4.01. The van der Waals surface area contributed by atoms with Gasteiger partial charge in [-0.3, -0.25) is 4.79 Å². The highest BCUT2D eigenvalue weighted by molar-refractivity contribution is 8.03. The first-order valence-electron chi connectivity index (χ1n) is 8.50. The molecule has 25 heavy (non-hydrogen) atoms. The molecule has 1 aromatic rings. The fourth-order valence-electron chi connectivity index (χ4n) is 2.66. The van der Waals surface area contributed by atoms with Crippen molar-refractivity contribution < 1.29 is 13.2 Å². The maximum absolute atomic E-state index is 12.8. The largest absolute Gasteiger partial charge is 0.338 e. The topological polar surface area (TPSA) is 80.2 Å². The van der Waals surface area contributed by atoms with Gasteiger partial charge >= 0.3 is 0 Å². The third-order valence-corrected chi connectivity index (χ3v) is 9.07. The maximum Gasteiger partial charge on any atom is 0.236 e. The van der Waals surface area contributed by atoms with Crippen LogP contribution < -0.4 is 0 Å². The highest BCUT2D eigenvalue weighted by Gasteiger charge is 2.35. The summed E-state index contributed by atoms with van der Waals surface area (Å²) in [5.41, 5.74) is 0. The van der Waals surface area contributed by atoms with Crippen LogP contribution in [0.2, 0.25) is 0 Å².